The standard InChI is InChI=1S/C71H57N/c1-69(2,3)52-36-40-60-61-41-37-53(70(4,5)6)45-66(61)71(65(60)44-52)63-31-12-11-28-62(63)68-64(71)32-17-33-67(68)72(55-25-14-24-51(43-55)59-30-16-21-48-19-8-10-27-57(48)59)54-38-34-46(35-39-54)49-22-13-23-50(42-49)58-29-15-20-47-18-7-9-26-56(47)58/h7-45H,1-6H3. The molecule has 0 saturated heterocycles. The molecule has 0 radical (unpaired) electrons. The molecule has 0 amide bonds. The van der Waals surface area contributed by atoms with E-state index in [1.54, 1.807) is 0 Å². The van der Waals surface area contributed by atoms with Crippen molar-refractivity contribution in [2.75, 3.05) is 4.90 Å². The van der Waals surface area contributed by atoms with E-state index in [2.05, 4.69) is 283 Å². The molecule has 11 aromatic carbocycles. The number of rotatable bonds is 6. The van der Waals surface area contributed by atoms with Crippen molar-refractivity contribution in [2.45, 2.75) is 57.8 Å². The number of nitrogens with zero attached hydrogens (tertiary/aromatic N) is 1. The first-order valence-electron chi connectivity index (χ1n) is 25.6. The maximum Gasteiger partial charge on any atom is 0.0726 e. The zero-order valence-electron chi connectivity index (χ0n) is 42.0. The molecule has 2 aliphatic carbocycles. The van der Waals surface area contributed by atoms with Crippen molar-refractivity contribution in [1.29, 1.82) is 0 Å². The van der Waals surface area contributed by atoms with Gasteiger partial charge in [-0.05, 0) is 152 Å². The van der Waals surface area contributed by atoms with Gasteiger partial charge in [-0.25, -0.2) is 0 Å². The summed E-state index contributed by atoms with van der Waals surface area (Å²) in [7, 11) is 0. The largest absolute Gasteiger partial charge is 0.310 e. The zero-order valence-corrected chi connectivity index (χ0v) is 42.0. The number of hydrogen-bond acceptors (Lipinski definition) is 1. The van der Waals surface area contributed by atoms with Crippen molar-refractivity contribution in [3.05, 3.63) is 270 Å². The fraction of sp³-hybridized carbons (Fsp3) is 0.127. The summed E-state index contributed by atoms with van der Waals surface area (Å²) in [5.74, 6) is 0. The molecule has 1 heteroatoms. The smallest absolute Gasteiger partial charge is 0.0726 e. The second-order valence-corrected chi connectivity index (χ2v) is 22.1. The van der Waals surface area contributed by atoms with Gasteiger partial charge in [-0.3, -0.25) is 0 Å². The highest BCUT2D eigenvalue weighted by Crippen LogP contribution is 2.65. The molecule has 0 unspecified atom stereocenters. The Morgan fingerprint density at radius 2 is 0.792 bits per heavy atom. The lowest BCUT2D eigenvalue weighted by Gasteiger charge is -2.33. The molecule has 0 aromatic heterocycles. The second-order valence-electron chi connectivity index (χ2n) is 22.1. The summed E-state index contributed by atoms with van der Waals surface area (Å²) < 4.78 is 0. The summed E-state index contributed by atoms with van der Waals surface area (Å²) in [6, 6.07) is 89.2. The van der Waals surface area contributed by atoms with E-state index >= 15 is 0 Å². The van der Waals surface area contributed by atoms with Crippen LogP contribution in [0.5, 0.6) is 0 Å². The van der Waals surface area contributed by atoms with Gasteiger partial charge in [0.1, 0.15) is 0 Å². The van der Waals surface area contributed by atoms with Gasteiger partial charge < -0.3 is 4.90 Å². The van der Waals surface area contributed by atoms with Crippen molar-refractivity contribution in [3.8, 4) is 55.6 Å². The fourth-order valence-electron chi connectivity index (χ4n) is 12.2. The van der Waals surface area contributed by atoms with E-state index in [1.165, 1.54) is 111 Å². The molecule has 72 heavy (non-hydrogen) atoms. The van der Waals surface area contributed by atoms with E-state index in [9.17, 15) is 0 Å². The normalized spacial score (nSPS) is 13.2. The lowest BCUT2D eigenvalue weighted by Crippen LogP contribution is -2.27. The fourth-order valence-corrected chi connectivity index (χ4v) is 12.2. The van der Waals surface area contributed by atoms with E-state index in [1.807, 2.05) is 0 Å². The van der Waals surface area contributed by atoms with E-state index in [0.717, 1.165) is 17.1 Å². The van der Waals surface area contributed by atoms with Crippen molar-refractivity contribution < 1.29 is 0 Å². The van der Waals surface area contributed by atoms with Crippen LogP contribution in [-0.2, 0) is 16.2 Å². The minimum Gasteiger partial charge on any atom is -0.310 e. The molecule has 0 heterocycles. The van der Waals surface area contributed by atoms with Gasteiger partial charge in [-0.2, -0.15) is 0 Å². The Labute approximate surface area is 424 Å². The molecule has 11 aromatic rings. The van der Waals surface area contributed by atoms with Gasteiger partial charge in [0.25, 0.3) is 0 Å². The molecule has 0 saturated carbocycles. The topological polar surface area (TPSA) is 3.24 Å². The van der Waals surface area contributed by atoms with Crippen molar-refractivity contribution >= 4 is 38.6 Å². The average molecular weight is 924 g/mol. The van der Waals surface area contributed by atoms with Gasteiger partial charge in [0.15, 0.2) is 0 Å². The predicted octanol–water partition coefficient (Wildman–Crippen LogP) is 19.4. The third-order valence-electron chi connectivity index (χ3n) is 15.8. The Morgan fingerprint density at radius 3 is 1.42 bits per heavy atom. The Bertz CT molecular complexity index is 3870. The molecule has 0 bridgehead atoms. The number of fused-ring (bicyclic) bond motifs is 12. The second kappa shape index (κ2) is 16.4. The van der Waals surface area contributed by atoms with Gasteiger partial charge in [-0.1, -0.05) is 242 Å². The van der Waals surface area contributed by atoms with Crippen molar-refractivity contribution in [2.24, 2.45) is 0 Å². The average Bonchev–Trinajstić information content (AvgIpc) is 3.89. The summed E-state index contributed by atoms with van der Waals surface area (Å²) >= 11 is 0. The SMILES string of the molecule is CC(C)(C)c1ccc2c(c1)C1(c3cc(C(C)(C)C)ccc3-2)c2ccccc2-c2c(N(c3ccc(-c4cccc(-c5cccc6ccccc56)c4)cc3)c3cccc(-c4cccc5ccccc45)c3)cccc21. The van der Waals surface area contributed by atoms with Crippen molar-refractivity contribution in [3.63, 3.8) is 0 Å². The van der Waals surface area contributed by atoms with Crippen molar-refractivity contribution in [1.82, 2.24) is 0 Å². The summed E-state index contributed by atoms with van der Waals surface area (Å²) in [6.07, 6.45) is 0. The van der Waals surface area contributed by atoms with Crippen LogP contribution in [0.15, 0.2) is 237 Å². The highest BCUT2D eigenvalue weighted by Gasteiger charge is 2.53. The molecule has 0 N–H and O–H groups in total. The van der Waals surface area contributed by atoms with E-state index < -0.39 is 5.41 Å². The van der Waals surface area contributed by atoms with Crippen LogP contribution in [0, 0.1) is 0 Å². The third kappa shape index (κ3) is 6.82. The minimum absolute atomic E-state index is 0.0281. The molecule has 1 nitrogen and oxygen atoms in total. The van der Waals surface area contributed by atoms with Crippen LogP contribution >= 0.6 is 0 Å². The van der Waals surface area contributed by atoms with E-state index in [-0.39, 0.29) is 10.8 Å². The first-order valence-corrected chi connectivity index (χ1v) is 25.6. The highest BCUT2D eigenvalue weighted by atomic mass is 15.1. The Balaban J connectivity index is 1.04. The monoisotopic (exact) mass is 923 g/mol. The van der Waals surface area contributed by atoms with Crippen LogP contribution in [0.25, 0.3) is 77.2 Å². The van der Waals surface area contributed by atoms with Gasteiger partial charge in [0, 0.05) is 16.9 Å². The maximum absolute atomic E-state index is 2.55. The Kier molecular flexibility index (Phi) is 9.97. The van der Waals surface area contributed by atoms with E-state index in [0.29, 0.717) is 0 Å². The maximum atomic E-state index is 2.55. The molecule has 2 aliphatic rings. The molecule has 13 rings (SSSR count). The Hall–Kier alpha value is -8.26. The lowest BCUT2D eigenvalue weighted by molar-refractivity contribution is 0.586. The molecule has 0 aliphatic heterocycles. The van der Waals surface area contributed by atoms with Gasteiger partial charge >= 0.3 is 0 Å². The molecule has 0 atom stereocenters. The third-order valence-corrected chi connectivity index (χ3v) is 15.8. The van der Waals surface area contributed by atoms with Crippen LogP contribution in [0.2, 0.25) is 0 Å². The zero-order chi connectivity index (χ0) is 48.9. The van der Waals surface area contributed by atoms with Crippen LogP contribution in [0.3, 0.4) is 0 Å². The molecular formula is C71H57N. The number of benzene rings is 11. The molecular weight excluding hydrogens is 867 g/mol. The minimum atomic E-state index is -0.523. The first kappa shape index (κ1) is 43.7. The predicted molar refractivity (Wildman–Crippen MR) is 306 cm³/mol. The van der Waals surface area contributed by atoms with E-state index in [4.69, 9.17) is 0 Å². The van der Waals surface area contributed by atoms with Crippen LogP contribution in [0.4, 0.5) is 17.1 Å². The highest BCUT2D eigenvalue weighted by molar-refractivity contribution is 6.03. The number of anilines is 3. The summed E-state index contributed by atoms with van der Waals surface area (Å²) in [5.41, 5.74) is 23.3. The van der Waals surface area contributed by atoms with Crippen LogP contribution < -0.4 is 4.90 Å². The van der Waals surface area contributed by atoms with Gasteiger partial charge in [-0.15, -0.1) is 0 Å². The summed E-state index contributed by atoms with van der Waals surface area (Å²) in [6.45, 7) is 14.0. The van der Waals surface area contributed by atoms with Gasteiger partial charge in [0.2, 0.25) is 0 Å². The Morgan fingerprint density at radius 1 is 0.306 bits per heavy atom. The summed E-state index contributed by atoms with van der Waals surface area (Å²) in [5, 5.41) is 5.00. The molecule has 1 spiro atoms. The van der Waals surface area contributed by atoms with Crippen LogP contribution in [0.1, 0.15) is 74.9 Å². The molecule has 0 fully saturated rings. The first-order chi connectivity index (χ1) is 35.0. The number of hydrogen-bond donors (Lipinski definition) is 0. The lowest BCUT2D eigenvalue weighted by atomic mass is 9.69. The quantitative estimate of drug-likeness (QED) is 0.161. The summed E-state index contributed by atoms with van der Waals surface area (Å²) in [4.78, 5) is 2.52. The van der Waals surface area contributed by atoms with Gasteiger partial charge in [0.05, 0.1) is 11.1 Å². The van der Waals surface area contributed by atoms with Crippen LogP contribution in [-0.4, -0.2) is 0 Å². The molecule has 346 valence electrons.